The Morgan fingerprint density at radius 1 is 1.17 bits per heavy atom. The second kappa shape index (κ2) is 5.23. The Labute approximate surface area is 114 Å². The summed E-state index contributed by atoms with van der Waals surface area (Å²) in [5, 5.41) is 7.58. The second-order valence-corrected chi connectivity index (χ2v) is 4.80. The molecule has 2 aromatic carbocycles. The highest BCUT2D eigenvalue weighted by Gasteiger charge is 2.11. The molecule has 2 rings (SSSR count). The quantitative estimate of drug-likeness (QED) is 0.668. The third-order valence-electron chi connectivity index (χ3n) is 2.49. The van der Waals surface area contributed by atoms with E-state index < -0.39 is 0 Å². The van der Waals surface area contributed by atoms with Crippen molar-refractivity contribution in [3.63, 3.8) is 0 Å². The van der Waals surface area contributed by atoms with E-state index in [1.165, 1.54) is 5.56 Å². The fourth-order valence-corrected chi connectivity index (χ4v) is 2.15. The van der Waals surface area contributed by atoms with E-state index in [1.54, 1.807) is 6.07 Å². The summed E-state index contributed by atoms with van der Waals surface area (Å²) in [7, 11) is 0. The summed E-state index contributed by atoms with van der Waals surface area (Å²) in [5.41, 5.74) is 7.30. The molecule has 0 aromatic heterocycles. The average Bonchev–Trinajstić information content (AvgIpc) is 2.32. The lowest BCUT2D eigenvalue weighted by atomic mass is 10.2. The summed E-state index contributed by atoms with van der Waals surface area (Å²) >= 11 is 3.37. The summed E-state index contributed by atoms with van der Waals surface area (Å²) in [6, 6.07) is 13.2. The van der Waals surface area contributed by atoms with Crippen LogP contribution in [0.25, 0.3) is 0 Å². The Balaban J connectivity index is 2.37. The molecule has 4 heteroatoms. The van der Waals surface area contributed by atoms with Crippen LogP contribution in [-0.2, 0) is 0 Å². The number of benzene rings is 2. The van der Waals surface area contributed by atoms with Gasteiger partial charge in [-0.25, -0.2) is 0 Å². The van der Waals surface area contributed by atoms with Gasteiger partial charge in [-0.3, -0.25) is 5.41 Å². The number of ether oxygens (including phenoxy) is 1. The van der Waals surface area contributed by atoms with E-state index in [-0.39, 0.29) is 5.84 Å². The van der Waals surface area contributed by atoms with Crippen LogP contribution in [0.4, 0.5) is 0 Å². The highest BCUT2D eigenvalue weighted by Crippen LogP contribution is 2.30. The number of hydrogen-bond donors (Lipinski definition) is 2. The molecule has 0 aliphatic heterocycles. The SMILES string of the molecule is Cc1ccc(Oc2cccc(Br)c2C(=N)N)cc1. The first-order valence-electron chi connectivity index (χ1n) is 5.45. The molecule has 3 nitrogen and oxygen atoms in total. The number of rotatable bonds is 3. The van der Waals surface area contributed by atoms with Crippen molar-refractivity contribution >= 4 is 21.8 Å². The first kappa shape index (κ1) is 12.6. The van der Waals surface area contributed by atoms with Gasteiger partial charge in [0.2, 0.25) is 0 Å². The summed E-state index contributed by atoms with van der Waals surface area (Å²) in [4.78, 5) is 0. The number of nitrogens with one attached hydrogen (secondary N) is 1. The number of nitrogen functional groups attached to an aromatic ring is 1. The van der Waals surface area contributed by atoms with Crippen molar-refractivity contribution in [1.82, 2.24) is 0 Å². The van der Waals surface area contributed by atoms with Crippen LogP contribution in [0.2, 0.25) is 0 Å². The van der Waals surface area contributed by atoms with Crippen molar-refractivity contribution in [2.24, 2.45) is 5.73 Å². The van der Waals surface area contributed by atoms with Gasteiger partial charge in [0.15, 0.2) is 0 Å². The van der Waals surface area contributed by atoms with Gasteiger partial charge in [-0.1, -0.05) is 23.8 Å². The molecule has 0 aliphatic carbocycles. The Kier molecular flexibility index (Phi) is 3.67. The predicted octanol–water partition coefficient (Wildman–Crippen LogP) is 3.83. The van der Waals surface area contributed by atoms with Gasteiger partial charge in [-0.05, 0) is 47.1 Å². The molecule has 3 N–H and O–H groups in total. The van der Waals surface area contributed by atoms with E-state index in [2.05, 4.69) is 15.9 Å². The molecule has 0 amide bonds. The number of aryl methyl sites for hydroxylation is 1. The van der Waals surface area contributed by atoms with Crippen LogP contribution in [0.5, 0.6) is 11.5 Å². The van der Waals surface area contributed by atoms with E-state index >= 15 is 0 Å². The first-order valence-corrected chi connectivity index (χ1v) is 6.24. The lowest BCUT2D eigenvalue weighted by molar-refractivity contribution is 0.481. The standard InChI is InChI=1S/C14H13BrN2O/c1-9-5-7-10(8-6-9)18-12-4-2-3-11(15)13(12)14(16)17/h2-8H,1H3,(H3,16,17). The molecule has 0 radical (unpaired) electrons. The number of halogens is 1. The van der Waals surface area contributed by atoms with Gasteiger partial charge in [0.25, 0.3) is 0 Å². The molecular weight excluding hydrogens is 292 g/mol. The van der Waals surface area contributed by atoms with Crippen molar-refractivity contribution in [2.45, 2.75) is 6.92 Å². The molecule has 0 atom stereocenters. The first-order chi connectivity index (χ1) is 8.58. The molecular formula is C14H13BrN2O. The molecule has 0 unspecified atom stereocenters. The summed E-state index contributed by atoms with van der Waals surface area (Å²) < 4.78 is 6.51. The Hall–Kier alpha value is -1.81. The lowest BCUT2D eigenvalue weighted by Gasteiger charge is -2.11. The third-order valence-corrected chi connectivity index (χ3v) is 3.15. The van der Waals surface area contributed by atoms with Gasteiger partial charge in [-0.15, -0.1) is 0 Å². The van der Waals surface area contributed by atoms with E-state index in [4.69, 9.17) is 15.9 Å². The molecule has 92 valence electrons. The van der Waals surface area contributed by atoms with Gasteiger partial charge in [0, 0.05) is 4.47 Å². The largest absolute Gasteiger partial charge is 0.457 e. The van der Waals surface area contributed by atoms with E-state index in [9.17, 15) is 0 Å². The van der Waals surface area contributed by atoms with Crippen LogP contribution < -0.4 is 10.5 Å². The maximum atomic E-state index is 7.58. The van der Waals surface area contributed by atoms with Gasteiger partial charge < -0.3 is 10.5 Å². The lowest BCUT2D eigenvalue weighted by Crippen LogP contribution is -2.13. The number of nitrogens with two attached hydrogens (primary N) is 1. The Morgan fingerprint density at radius 3 is 2.44 bits per heavy atom. The highest BCUT2D eigenvalue weighted by atomic mass is 79.9. The zero-order chi connectivity index (χ0) is 13.1. The normalized spacial score (nSPS) is 10.1. The molecule has 0 saturated heterocycles. The predicted molar refractivity (Wildman–Crippen MR) is 76.4 cm³/mol. The van der Waals surface area contributed by atoms with Gasteiger partial charge in [0.05, 0.1) is 5.56 Å². The van der Waals surface area contributed by atoms with Crippen molar-refractivity contribution in [3.8, 4) is 11.5 Å². The monoisotopic (exact) mass is 304 g/mol. The van der Waals surface area contributed by atoms with Crippen LogP contribution in [0.1, 0.15) is 11.1 Å². The van der Waals surface area contributed by atoms with Crippen LogP contribution in [0, 0.1) is 12.3 Å². The Morgan fingerprint density at radius 2 is 1.83 bits per heavy atom. The van der Waals surface area contributed by atoms with Crippen LogP contribution >= 0.6 is 15.9 Å². The number of amidine groups is 1. The van der Waals surface area contributed by atoms with Crippen molar-refractivity contribution in [1.29, 1.82) is 5.41 Å². The van der Waals surface area contributed by atoms with Gasteiger partial charge >= 0.3 is 0 Å². The molecule has 2 aromatic rings. The van der Waals surface area contributed by atoms with E-state index in [0.717, 1.165) is 10.2 Å². The average molecular weight is 305 g/mol. The van der Waals surface area contributed by atoms with Crippen molar-refractivity contribution < 1.29 is 4.74 Å². The third kappa shape index (κ3) is 2.71. The molecule has 0 spiro atoms. The topological polar surface area (TPSA) is 59.1 Å². The highest BCUT2D eigenvalue weighted by molar-refractivity contribution is 9.10. The fraction of sp³-hybridized carbons (Fsp3) is 0.0714. The van der Waals surface area contributed by atoms with E-state index in [1.807, 2.05) is 43.3 Å². The summed E-state index contributed by atoms with van der Waals surface area (Å²) in [6.07, 6.45) is 0. The molecule has 0 heterocycles. The zero-order valence-corrected chi connectivity index (χ0v) is 11.5. The maximum Gasteiger partial charge on any atom is 0.139 e. The number of hydrogen-bond acceptors (Lipinski definition) is 2. The minimum absolute atomic E-state index is 0.0235. The van der Waals surface area contributed by atoms with Crippen molar-refractivity contribution in [2.75, 3.05) is 0 Å². The molecule has 0 bridgehead atoms. The fourth-order valence-electron chi connectivity index (χ4n) is 1.58. The van der Waals surface area contributed by atoms with E-state index in [0.29, 0.717) is 11.3 Å². The van der Waals surface area contributed by atoms with Crippen LogP contribution in [-0.4, -0.2) is 5.84 Å². The molecule has 0 fully saturated rings. The zero-order valence-electron chi connectivity index (χ0n) is 9.91. The molecule has 18 heavy (non-hydrogen) atoms. The molecule has 0 aliphatic rings. The van der Waals surface area contributed by atoms with Gasteiger partial charge in [-0.2, -0.15) is 0 Å². The van der Waals surface area contributed by atoms with Crippen LogP contribution in [0.3, 0.4) is 0 Å². The second-order valence-electron chi connectivity index (χ2n) is 3.94. The maximum absolute atomic E-state index is 7.58. The smallest absolute Gasteiger partial charge is 0.139 e. The van der Waals surface area contributed by atoms with Gasteiger partial charge in [0.1, 0.15) is 17.3 Å². The summed E-state index contributed by atoms with van der Waals surface area (Å²) in [5.74, 6) is 1.27. The Bertz CT molecular complexity index is 579. The minimum Gasteiger partial charge on any atom is -0.457 e. The van der Waals surface area contributed by atoms with Crippen LogP contribution in [0.15, 0.2) is 46.9 Å². The van der Waals surface area contributed by atoms with Crippen molar-refractivity contribution in [3.05, 3.63) is 58.1 Å². The summed E-state index contributed by atoms with van der Waals surface area (Å²) in [6.45, 7) is 2.02. The molecule has 0 saturated carbocycles. The minimum atomic E-state index is -0.0235.